The lowest BCUT2D eigenvalue weighted by Gasteiger charge is -2.10. The Hall–Kier alpha value is -0.950. The molecule has 0 aromatic heterocycles. The number of ether oxygens (including phenoxy) is 1. The number of thiol groups is 1. The maximum Gasteiger partial charge on any atom is 0.0717 e. The predicted octanol–water partition coefficient (Wildman–Crippen LogP) is 5.57. The Morgan fingerprint density at radius 2 is 2.00 bits per heavy atom. The van der Waals surface area contributed by atoms with Gasteiger partial charge in [0.25, 0.3) is 0 Å². The van der Waals surface area contributed by atoms with Gasteiger partial charge in [-0.3, -0.25) is 0 Å². The first-order valence-corrected chi connectivity index (χ1v) is 8.47. The lowest BCUT2D eigenvalue weighted by atomic mass is 10.1. The molecule has 0 aliphatic heterocycles. The molecule has 1 rings (SSSR count). The average molecular weight is 304 g/mol. The van der Waals surface area contributed by atoms with Gasteiger partial charge in [0.15, 0.2) is 0 Å². The molecule has 0 N–H and O–H groups in total. The van der Waals surface area contributed by atoms with E-state index < -0.39 is 0 Å². The van der Waals surface area contributed by atoms with E-state index in [1.54, 1.807) is 0 Å². The second kappa shape index (κ2) is 11.7. The van der Waals surface area contributed by atoms with Crippen LogP contribution in [0.15, 0.2) is 47.7 Å². The zero-order valence-corrected chi connectivity index (χ0v) is 14.2. The molecule has 0 saturated carbocycles. The summed E-state index contributed by atoms with van der Waals surface area (Å²) >= 11 is 4.59. The average Bonchev–Trinajstić information content (AvgIpc) is 2.51. The van der Waals surface area contributed by atoms with Gasteiger partial charge < -0.3 is 4.74 Å². The number of unbranched alkanes of at least 4 members (excludes halogenated alkanes) is 4. The highest BCUT2D eigenvalue weighted by molar-refractivity contribution is 7.81. The number of hydrogen-bond acceptors (Lipinski definition) is 2. The van der Waals surface area contributed by atoms with E-state index in [0.717, 1.165) is 12.0 Å². The van der Waals surface area contributed by atoms with Crippen LogP contribution >= 0.6 is 12.6 Å². The van der Waals surface area contributed by atoms with Crippen LogP contribution in [0.4, 0.5) is 0 Å². The first-order chi connectivity index (χ1) is 10.2. The van der Waals surface area contributed by atoms with Gasteiger partial charge in [-0.25, -0.2) is 0 Å². The first-order valence-electron chi connectivity index (χ1n) is 7.95. The molecular formula is C19H28OS. The molecule has 0 amide bonds. The van der Waals surface area contributed by atoms with Crippen molar-refractivity contribution in [3.63, 3.8) is 0 Å². The lowest BCUT2D eigenvalue weighted by molar-refractivity contribution is 0.127. The minimum atomic E-state index is 0.126. The Balaban J connectivity index is 2.23. The van der Waals surface area contributed by atoms with Gasteiger partial charge in [0.05, 0.1) is 18.5 Å². The maximum atomic E-state index is 5.71. The SMILES string of the molecule is CCCCCCC=C=C(C)[C@@H](S)COCc1ccccc1. The van der Waals surface area contributed by atoms with Gasteiger partial charge >= 0.3 is 0 Å². The van der Waals surface area contributed by atoms with Gasteiger partial charge in [-0.1, -0.05) is 56.5 Å². The second-order valence-electron chi connectivity index (χ2n) is 5.40. The third kappa shape index (κ3) is 8.83. The topological polar surface area (TPSA) is 9.23 Å². The molecule has 1 aromatic rings. The highest BCUT2D eigenvalue weighted by Crippen LogP contribution is 2.10. The summed E-state index contributed by atoms with van der Waals surface area (Å²) < 4.78 is 5.71. The Morgan fingerprint density at radius 3 is 2.71 bits per heavy atom. The molecule has 1 nitrogen and oxygen atoms in total. The van der Waals surface area contributed by atoms with Gasteiger partial charge in [0, 0.05) is 0 Å². The minimum absolute atomic E-state index is 0.126. The highest BCUT2D eigenvalue weighted by atomic mass is 32.1. The second-order valence-corrected chi connectivity index (χ2v) is 6.02. The zero-order chi connectivity index (χ0) is 15.3. The Morgan fingerprint density at radius 1 is 1.24 bits per heavy atom. The van der Waals surface area contributed by atoms with Crippen molar-refractivity contribution < 1.29 is 4.74 Å². The summed E-state index contributed by atoms with van der Waals surface area (Å²) in [5.41, 5.74) is 5.70. The van der Waals surface area contributed by atoms with Crippen LogP contribution in [-0.2, 0) is 11.3 Å². The molecule has 116 valence electrons. The molecule has 0 spiro atoms. The lowest BCUT2D eigenvalue weighted by Crippen LogP contribution is -2.10. The van der Waals surface area contributed by atoms with Crippen LogP contribution in [0.3, 0.4) is 0 Å². The minimum Gasteiger partial charge on any atom is -0.375 e. The van der Waals surface area contributed by atoms with Crippen LogP contribution in [0.5, 0.6) is 0 Å². The number of benzene rings is 1. The third-order valence-electron chi connectivity index (χ3n) is 3.42. The summed E-state index contributed by atoms with van der Waals surface area (Å²) in [6, 6.07) is 10.2. The van der Waals surface area contributed by atoms with Gasteiger partial charge in [0.1, 0.15) is 0 Å². The van der Waals surface area contributed by atoms with Crippen molar-refractivity contribution in [1.82, 2.24) is 0 Å². The van der Waals surface area contributed by atoms with E-state index in [1.807, 2.05) is 18.2 Å². The molecule has 0 bridgehead atoms. The summed E-state index contributed by atoms with van der Waals surface area (Å²) in [5, 5.41) is 0.126. The molecule has 0 saturated heterocycles. The Labute approximate surface area is 135 Å². The number of hydrogen-bond donors (Lipinski definition) is 1. The number of rotatable bonds is 10. The van der Waals surface area contributed by atoms with E-state index in [1.165, 1.54) is 31.2 Å². The van der Waals surface area contributed by atoms with Crippen molar-refractivity contribution >= 4 is 12.6 Å². The van der Waals surface area contributed by atoms with E-state index in [9.17, 15) is 0 Å². The molecule has 0 aliphatic rings. The molecule has 1 aromatic carbocycles. The molecule has 0 aliphatic carbocycles. The molecule has 21 heavy (non-hydrogen) atoms. The van der Waals surface area contributed by atoms with Crippen LogP contribution in [0.1, 0.15) is 51.5 Å². The van der Waals surface area contributed by atoms with Crippen LogP contribution in [0.2, 0.25) is 0 Å². The molecule has 1 atom stereocenters. The Kier molecular flexibility index (Phi) is 10.1. The van der Waals surface area contributed by atoms with Gasteiger partial charge in [-0.05, 0) is 37.0 Å². The first kappa shape index (κ1) is 18.1. The third-order valence-corrected chi connectivity index (χ3v) is 3.96. The standard InChI is InChI=1S/C19H28OS/c1-3-4-5-6-7-9-12-17(2)19(21)16-20-15-18-13-10-8-11-14-18/h8-11,13-14,19,21H,3-7,15-16H2,1-2H3/t12?,19-/m0/s1. The molecule has 0 fully saturated rings. The highest BCUT2D eigenvalue weighted by Gasteiger charge is 2.04. The maximum absolute atomic E-state index is 5.71. The van der Waals surface area contributed by atoms with E-state index in [2.05, 4.69) is 50.4 Å². The van der Waals surface area contributed by atoms with Crippen LogP contribution in [0.25, 0.3) is 0 Å². The monoisotopic (exact) mass is 304 g/mol. The molecule has 0 radical (unpaired) electrons. The van der Waals surface area contributed by atoms with Crippen molar-refractivity contribution in [2.75, 3.05) is 6.61 Å². The zero-order valence-electron chi connectivity index (χ0n) is 13.3. The fraction of sp³-hybridized carbons (Fsp3) is 0.526. The van der Waals surface area contributed by atoms with Crippen molar-refractivity contribution in [1.29, 1.82) is 0 Å². The summed E-state index contributed by atoms with van der Waals surface area (Å²) in [5.74, 6) is 0. The summed E-state index contributed by atoms with van der Waals surface area (Å²) in [6.45, 7) is 5.58. The van der Waals surface area contributed by atoms with Crippen LogP contribution in [0, 0.1) is 0 Å². The van der Waals surface area contributed by atoms with Gasteiger partial charge in [-0.2, -0.15) is 12.6 Å². The fourth-order valence-corrected chi connectivity index (χ4v) is 2.17. The van der Waals surface area contributed by atoms with Crippen molar-refractivity contribution in [2.45, 2.75) is 57.8 Å². The summed E-state index contributed by atoms with van der Waals surface area (Å²) in [4.78, 5) is 0. The molecule has 2 heteroatoms. The molecule has 0 heterocycles. The summed E-state index contributed by atoms with van der Waals surface area (Å²) in [7, 11) is 0. The van der Waals surface area contributed by atoms with E-state index >= 15 is 0 Å². The van der Waals surface area contributed by atoms with Crippen molar-refractivity contribution in [3.05, 3.63) is 53.3 Å². The normalized spacial score (nSPS) is 11.8. The fourth-order valence-electron chi connectivity index (χ4n) is 1.99. The molecule has 0 unspecified atom stereocenters. The van der Waals surface area contributed by atoms with E-state index in [0.29, 0.717) is 13.2 Å². The Bertz CT molecular complexity index is 432. The summed E-state index contributed by atoms with van der Waals surface area (Å²) in [6.07, 6.45) is 8.46. The van der Waals surface area contributed by atoms with Crippen LogP contribution in [-0.4, -0.2) is 11.9 Å². The largest absolute Gasteiger partial charge is 0.375 e. The van der Waals surface area contributed by atoms with Crippen molar-refractivity contribution in [3.8, 4) is 0 Å². The van der Waals surface area contributed by atoms with E-state index in [-0.39, 0.29) is 5.25 Å². The quantitative estimate of drug-likeness (QED) is 0.337. The predicted molar refractivity (Wildman–Crippen MR) is 94.9 cm³/mol. The molecular weight excluding hydrogens is 276 g/mol. The van der Waals surface area contributed by atoms with E-state index in [4.69, 9.17) is 4.74 Å². The van der Waals surface area contributed by atoms with Crippen molar-refractivity contribution in [2.24, 2.45) is 0 Å². The smallest absolute Gasteiger partial charge is 0.0717 e. The van der Waals surface area contributed by atoms with Gasteiger partial charge in [0.2, 0.25) is 0 Å². The van der Waals surface area contributed by atoms with Crippen LogP contribution < -0.4 is 0 Å². The van der Waals surface area contributed by atoms with Gasteiger partial charge in [-0.15, -0.1) is 5.73 Å².